The summed E-state index contributed by atoms with van der Waals surface area (Å²) in [5.41, 5.74) is 4.93. The van der Waals surface area contributed by atoms with Gasteiger partial charge in [0.25, 0.3) is 5.91 Å². The number of aromatic nitrogens is 1. The highest BCUT2D eigenvalue weighted by molar-refractivity contribution is 5.98. The number of benzene rings is 2. The number of carbonyl (C=O) groups is 1. The van der Waals surface area contributed by atoms with Crippen molar-refractivity contribution in [3.05, 3.63) is 87.4 Å². The zero-order valence-corrected chi connectivity index (χ0v) is 17.2. The zero-order valence-electron chi connectivity index (χ0n) is 17.2. The highest BCUT2D eigenvalue weighted by Gasteiger charge is 2.26. The summed E-state index contributed by atoms with van der Waals surface area (Å²) < 4.78 is 7.29. The molecule has 0 bridgehead atoms. The summed E-state index contributed by atoms with van der Waals surface area (Å²) in [6, 6.07) is 17.5. The number of hydrogen-bond donors (Lipinski definition) is 0. The molecule has 1 fully saturated rings. The number of nitrogens with zero attached hydrogens (tertiary/aromatic N) is 2. The minimum atomic E-state index is -0.382. The molecule has 1 amide bonds. The second-order valence-corrected chi connectivity index (χ2v) is 8.27. The quantitative estimate of drug-likeness (QED) is 0.491. The third-order valence-electron chi connectivity index (χ3n) is 6.17. The van der Waals surface area contributed by atoms with Gasteiger partial charge in [0.15, 0.2) is 0 Å². The predicted molar refractivity (Wildman–Crippen MR) is 117 cm³/mol. The van der Waals surface area contributed by atoms with E-state index in [1.165, 1.54) is 11.1 Å². The molecule has 4 aromatic rings. The predicted octanol–water partition coefficient (Wildman–Crippen LogP) is 4.68. The molecule has 1 unspecified atom stereocenters. The molecular formula is C25H24N2O3. The molecule has 5 heteroatoms. The van der Waals surface area contributed by atoms with Crippen molar-refractivity contribution >= 4 is 22.5 Å². The second kappa shape index (κ2) is 7.17. The molecule has 152 valence electrons. The van der Waals surface area contributed by atoms with Gasteiger partial charge in [0.05, 0.1) is 10.9 Å². The number of likely N-dealkylation sites (tertiary alicyclic amines) is 1. The van der Waals surface area contributed by atoms with Crippen molar-refractivity contribution in [3.8, 4) is 0 Å². The van der Waals surface area contributed by atoms with Gasteiger partial charge in [-0.05, 0) is 56.5 Å². The molecule has 0 aliphatic carbocycles. The lowest BCUT2D eigenvalue weighted by Crippen LogP contribution is -2.39. The number of hydrogen-bond acceptors (Lipinski definition) is 3. The Hall–Kier alpha value is -3.34. The van der Waals surface area contributed by atoms with Crippen LogP contribution >= 0.6 is 0 Å². The summed E-state index contributed by atoms with van der Waals surface area (Å²) in [6.45, 7) is 5.53. The summed E-state index contributed by atoms with van der Waals surface area (Å²) in [7, 11) is 0. The summed E-state index contributed by atoms with van der Waals surface area (Å²) in [4.78, 5) is 27.6. The molecule has 5 nitrogen and oxygen atoms in total. The van der Waals surface area contributed by atoms with Crippen LogP contribution in [0.15, 0.2) is 63.8 Å². The Kier molecular flexibility index (Phi) is 4.46. The molecule has 1 aliphatic heterocycles. The van der Waals surface area contributed by atoms with Crippen molar-refractivity contribution in [2.45, 2.75) is 32.6 Å². The van der Waals surface area contributed by atoms with Crippen molar-refractivity contribution in [1.29, 1.82) is 0 Å². The largest absolute Gasteiger partial charge is 0.405 e. The summed E-state index contributed by atoms with van der Waals surface area (Å²) >= 11 is 0. The van der Waals surface area contributed by atoms with Crippen molar-refractivity contribution < 1.29 is 9.21 Å². The minimum absolute atomic E-state index is 0.0143. The van der Waals surface area contributed by atoms with Crippen LogP contribution in [0.3, 0.4) is 0 Å². The van der Waals surface area contributed by atoms with Crippen LogP contribution in [0.4, 0.5) is 0 Å². The van der Waals surface area contributed by atoms with Crippen LogP contribution in [0.25, 0.3) is 16.6 Å². The van der Waals surface area contributed by atoms with E-state index < -0.39 is 0 Å². The van der Waals surface area contributed by atoms with E-state index in [-0.39, 0.29) is 11.5 Å². The molecule has 5 rings (SSSR count). The molecule has 30 heavy (non-hydrogen) atoms. The summed E-state index contributed by atoms with van der Waals surface area (Å²) in [6.07, 6.45) is 2.08. The van der Waals surface area contributed by atoms with E-state index in [0.29, 0.717) is 28.1 Å². The Morgan fingerprint density at radius 1 is 1.07 bits per heavy atom. The molecule has 0 radical (unpaired) electrons. The number of piperidine rings is 1. The number of amides is 1. The Morgan fingerprint density at radius 2 is 1.93 bits per heavy atom. The topological polar surface area (TPSA) is 54.9 Å². The molecule has 2 aromatic carbocycles. The molecule has 2 aromatic heterocycles. The van der Waals surface area contributed by atoms with E-state index in [4.69, 9.17) is 4.42 Å². The minimum Gasteiger partial charge on any atom is -0.405 e. The average molecular weight is 400 g/mol. The maximum atomic E-state index is 13.3. The van der Waals surface area contributed by atoms with Gasteiger partial charge in [-0.25, -0.2) is 4.79 Å². The first-order chi connectivity index (χ1) is 14.5. The van der Waals surface area contributed by atoms with Gasteiger partial charge >= 0.3 is 5.63 Å². The Balaban J connectivity index is 1.50. The first kappa shape index (κ1) is 18.7. The highest BCUT2D eigenvalue weighted by atomic mass is 16.4. The van der Waals surface area contributed by atoms with Gasteiger partial charge in [-0.2, -0.15) is 0 Å². The van der Waals surface area contributed by atoms with Gasteiger partial charge < -0.3 is 9.32 Å². The van der Waals surface area contributed by atoms with E-state index >= 15 is 0 Å². The van der Waals surface area contributed by atoms with Crippen LogP contribution < -0.4 is 5.63 Å². The van der Waals surface area contributed by atoms with Crippen LogP contribution in [-0.2, 0) is 0 Å². The molecule has 0 spiro atoms. The zero-order chi connectivity index (χ0) is 20.8. The number of fused-ring (bicyclic) bond motifs is 3. The maximum Gasteiger partial charge on any atom is 0.346 e. The van der Waals surface area contributed by atoms with Gasteiger partial charge in [0.1, 0.15) is 0 Å². The Bertz CT molecular complexity index is 1330. The lowest BCUT2D eigenvalue weighted by molar-refractivity contribution is 0.0707. The highest BCUT2D eigenvalue weighted by Crippen LogP contribution is 2.29. The molecule has 1 atom stereocenters. The van der Waals surface area contributed by atoms with Crippen molar-refractivity contribution in [1.82, 2.24) is 9.30 Å². The molecule has 1 saturated heterocycles. The molecule has 0 saturated carbocycles. The third-order valence-corrected chi connectivity index (χ3v) is 6.17. The molecular weight excluding hydrogens is 376 g/mol. The van der Waals surface area contributed by atoms with Gasteiger partial charge in [-0.3, -0.25) is 9.20 Å². The van der Waals surface area contributed by atoms with Crippen molar-refractivity contribution in [3.63, 3.8) is 0 Å². The lowest BCUT2D eigenvalue weighted by Gasteiger charge is -2.33. The van der Waals surface area contributed by atoms with Crippen molar-refractivity contribution in [2.24, 2.45) is 0 Å². The fourth-order valence-corrected chi connectivity index (χ4v) is 4.62. The fraction of sp³-hybridized carbons (Fsp3) is 0.280. The normalized spacial score (nSPS) is 17.0. The van der Waals surface area contributed by atoms with E-state index in [9.17, 15) is 9.59 Å². The maximum absolute atomic E-state index is 13.3. The summed E-state index contributed by atoms with van der Waals surface area (Å²) in [5.74, 6) is 0.369. The third kappa shape index (κ3) is 3.11. The Morgan fingerprint density at radius 3 is 2.77 bits per heavy atom. The SMILES string of the molecule is Cc1cccc(C2CCCN(C(=O)c3ccc4c(=O)oc5ccc(C)n5c4c3)C2)c1. The first-order valence-corrected chi connectivity index (χ1v) is 10.4. The van der Waals surface area contributed by atoms with Gasteiger partial charge in [0, 0.05) is 36.3 Å². The van der Waals surface area contributed by atoms with Crippen LogP contribution in [0.2, 0.25) is 0 Å². The van der Waals surface area contributed by atoms with Gasteiger partial charge in [0.2, 0.25) is 5.71 Å². The molecule has 0 N–H and O–H groups in total. The number of carbonyl (C=O) groups excluding carboxylic acids is 1. The monoisotopic (exact) mass is 400 g/mol. The standard InChI is InChI=1S/C25H24N2O3/c1-16-5-3-6-18(13-16)20-7-4-12-26(15-20)24(28)19-9-10-21-22(14-19)27-17(2)8-11-23(27)30-25(21)29/h3,5-6,8-11,13-14,20H,4,7,12,15H2,1-2H3. The van der Waals surface area contributed by atoms with Crippen LogP contribution in [0, 0.1) is 13.8 Å². The fourth-order valence-electron chi connectivity index (χ4n) is 4.62. The second-order valence-electron chi connectivity index (χ2n) is 8.27. The molecule has 3 heterocycles. The lowest BCUT2D eigenvalue weighted by atomic mass is 9.89. The van der Waals surface area contributed by atoms with Gasteiger partial charge in [-0.15, -0.1) is 0 Å². The van der Waals surface area contributed by atoms with Crippen LogP contribution in [-0.4, -0.2) is 28.3 Å². The van der Waals surface area contributed by atoms with E-state index in [2.05, 4.69) is 31.2 Å². The smallest absolute Gasteiger partial charge is 0.346 e. The number of rotatable bonds is 2. The van der Waals surface area contributed by atoms with Crippen LogP contribution in [0.5, 0.6) is 0 Å². The average Bonchev–Trinajstić information content (AvgIpc) is 3.13. The number of aryl methyl sites for hydroxylation is 2. The van der Waals surface area contributed by atoms with Crippen LogP contribution in [0.1, 0.15) is 45.9 Å². The Labute approximate surface area is 174 Å². The first-order valence-electron chi connectivity index (χ1n) is 10.4. The van der Waals surface area contributed by atoms with Gasteiger partial charge in [-0.1, -0.05) is 29.8 Å². The molecule has 1 aliphatic rings. The van der Waals surface area contributed by atoms with E-state index in [1.807, 2.05) is 28.4 Å². The van der Waals surface area contributed by atoms with Crippen molar-refractivity contribution in [2.75, 3.05) is 13.1 Å². The summed E-state index contributed by atoms with van der Waals surface area (Å²) in [5, 5.41) is 0.481. The van der Waals surface area contributed by atoms with E-state index in [1.54, 1.807) is 18.2 Å². The van der Waals surface area contributed by atoms with E-state index in [0.717, 1.165) is 31.6 Å².